The molecule has 5 heterocycles. The van der Waals surface area contributed by atoms with Crippen LogP contribution >= 0.6 is 0 Å². The molecule has 5 rings (SSSR count). The van der Waals surface area contributed by atoms with Crippen LogP contribution in [0.3, 0.4) is 0 Å². The van der Waals surface area contributed by atoms with Crippen LogP contribution < -0.4 is 0 Å². The summed E-state index contributed by atoms with van der Waals surface area (Å²) < 4.78 is 40.3. The molecule has 0 bridgehead atoms. The minimum Gasteiger partial charge on any atom is -0.475 e. The molecule has 1 atom stereocenters. The first-order valence-corrected chi connectivity index (χ1v) is 12.0. The Morgan fingerprint density at radius 1 is 1.08 bits per heavy atom. The number of halogens is 3. The molecule has 37 heavy (non-hydrogen) atoms. The minimum absolute atomic E-state index is 0.0580. The molecule has 200 valence electrons. The highest BCUT2D eigenvalue weighted by Crippen LogP contribution is 2.40. The van der Waals surface area contributed by atoms with Crippen LogP contribution in [0.4, 0.5) is 13.2 Å². The van der Waals surface area contributed by atoms with Crippen molar-refractivity contribution in [3.63, 3.8) is 0 Å². The monoisotopic (exact) mass is 523 g/mol. The smallest absolute Gasteiger partial charge is 0.475 e. The lowest BCUT2D eigenvalue weighted by Crippen LogP contribution is -2.55. The van der Waals surface area contributed by atoms with Crippen LogP contribution in [0.2, 0.25) is 0 Å². The van der Waals surface area contributed by atoms with E-state index in [0.717, 1.165) is 37.4 Å². The third kappa shape index (κ3) is 5.76. The first kappa shape index (κ1) is 26.6. The third-order valence-electron chi connectivity index (χ3n) is 6.75. The number of alkyl halides is 3. The molecule has 0 radical (unpaired) electrons. The number of carbonyl (C=O) groups is 3. The second-order valence-electron chi connectivity index (χ2n) is 9.30. The lowest BCUT2D eigenvalue weighted by Gasteiger charge is -2.46. The van der Waals surface area contributed by atoms with Gasteiger partial charge in [0.25, 0.3) is 11.8 Å². The molecule has 2 aromatic rings. The number of nitrogens with zero attached hydrogens (tertiary/aromatic N) is 5. The molecule has 0 aromatic carbocycles. The maximum atomic E-state index is 13.0. The summed E-state index contributed by atoms with van der Waals surface area (Å²) >= 11 is 0. The van der Waals surface area contributed by atoms with Gasteiger partial charge in [-0.05, 0) is 31.9 Å². The van der Waals surface area contributed by atoms with Crippen molar-refractivity contribution in [2.45, 2.75) is 57.0 Å². The van der Waals surface area contributed by atoms with Crippen LogP contribution in [0.25, 0.3) is 0 Å². The van der Waals surface area contributed by atoms with Gasteiger partial charge in [0, 0.05) is 57.1 Å². The molecular weight excluding hydrogens is 495 g/mol. The molecule has 3 aliphatic heterocycles. The van der Waals surface area contributed by atoms with E-state index in [2.05, 4.69) is 14.5 Å². The van der Waals surface area contributed by atoms with Gasteiger partial charge in [0.15, 0.2) is 6.10 Å². The molecule has 2 amide bonds. The van der Waals surface area contributed by atoms with Gasteiger partial charge in [-0.1, -0.05) is 6.07 Å². The Kier molecular flexibility index (Phi) is 7.53. The molecule has 13 heteroatoms. The molecule has 2 aromatic heterocycles. The van der Waals surface area contributed by atoms with Gasteiger partial charge < -0.3 is 24.2 Å². The van der Waals surface area contributed by atoms with E-state index in [0.29, 0.717) is 38.2 Å². The van der Waals surface area contributed by atoms with Crippen molar-refractivity contribution < 1.29 is 37.4 Å². The van der Waals surface area contributed by atoms with Crippen LogP contribution in [0, 0.1) is 6.92 Å². The quantitative estimate of drug-likeness (QED) is 0.642. The van der Waals surface area contributed by atoms with E-state index in [1.165, 1.54) is 0 Å². The van der Waals surface area contributed by atoms with Crippen LogP contribution in [-0.2, 0) is 26.5 Å². The number of ether oxygens (including phenoxy) is 1. The normalized spacial score (nSPS) is 20.7. The summed E-state index contributed by atoms with van der Waals surface area (Å²) in [6.07, 6.45) is 1.48. The van der Waals surface area contributed by atoms with E-state index >= 15 is 0 Å². The van der Waals surface area contributed by atoms with Crippen molar-refractivity contribution in [3.05, 3.63) is 47.8 Å². The second kappa shape index (κ2) is 10.5. The summed E-state index contributed by atoms with van der Waals surface area (Å²) in [4.78, 5) is 47.5. The fourth-order valence-electron chi connectivity index (χ4n) is 4.90. The SMILES string of the molecule is Cc1cccc(C(=O)N2CCC3(CC2)OC(C(=O)N2CCCC2)Cn2ccnc23)n1.O=C(O)C(F)(F)F. The number of likely N-dealkylation sites (tertiary alicyclic amines) is 2. The topological polar surface area (TPSA) is 118 Å². The van der Waals surface area contributed by atoms with Gasteiger partial charge in [-0.3, -0.25) is 9.59 Å². The third-order valence-corrected chi connectivity index (χ3v) is 6.75. The van der Waals surface area contributed by atoms with Gasteiger partial charge >= 0.3 is 12.1 Å². The van der Waals surface area contributed by atoms with Crippen molar-refractivity contribution >= 4 is 17.8 Å². The maximum Gasteiger partial charge on any atom is 0.490 e. The van der Waals surface area contributed by atoms with E-state index in [1.807, 2.05) is 35.1 Å². The summed E-state index contributed by atoms with van der Waals surface area (Å²) in [5.41, 5.74) is 0.674. The number of amides is 2. The molecule has 0 aliphatic carbocycles. The van der Waals surface area contributed by atoms with Crippen LogP contribution in [0.5, 0.6) is 0 Å². The highest BCUT2D eigenvalue weighted by atomic mass is 19.4. The van der Waals surface area contributed by atoms with Crippen LogP contribution in [0.1, 0.15) is 47.7 Å². The van der Waals surface area contributed by atoms with Crippen molar-refractivity contribution in [2.24, 2.45) is 0 Å². The zero-order valence-corrected chi connectivity index (χ0v) is 20.3. The van der Waals surface area contributed by atoms with Crippen LogP contribution in [-0.4, -0.2) is 85.7 Å². The van der Waals surface area contributed by atoms with E-state index in [1.54, 1.807) is 12.3 Å². The number of carboxylic acid groups (broad SMARTS) is 1. The van der Waals surface area contributed by atoms with E-state index in [9.17, 15) is 22.8 Å². The number of hydrogen-bond acceptors (Lipinski definition) is 6. The Hall–Kier alpha value is -3.48. The first-order valence-electron chi connectivity index (χ1n) is 12.0. The summed E-state index contributed by atoms with van der Waals surface area (Å²) in [6, 6.07) is 5.50. The summed E-state index contributed by atoms with van der Waals surface area (Å²) in [7, 11) is 0. The molecule has 0 saturated carbocycles. The number of imidazole rings is 1. The number of carbonyl (C=O) groups excluding carboxylic acids is 2. The fourth-order valence-corrected chi connectivity index (χ4v) is 4.90. The molecular formula is C24H28F3N5O5. The Balaban J connectivity index is 0.000000405. The zero-order valence-electron chi connectivity index (χ0n) is 20.3. The largest absolute Gasteiger partial charge is 0.490 e. The lowest BCUT2D eigenvalue weighted by atomic mass is 9.88. The van der Waals surface area contributed by atoms with Crippen LogP contribution in [0.15, 0.2) is 30.6 Å². The Morgan fingerprint density at radius 2 is 1.73 bits per heavy atom. The number of fused-ring (bicyclic) bond motifs is 2. The van der Waals surface area contributed by atoms with Gasteiger partial charge in [0.2, 0.25) is 0 Å². The standard InChI is InChI=1S/C22H27N5O3.C2HF3O2/c1-16-5-4-6-17(24-16)19(28)26-12-7-22(8-13-26)21-23-9-14-27(21)15-18(30-22)20(29)25-10-2-3-11-25;3-2(4,5)1(6)7/h4-6,9,14,18H,2-3,7-8,10-13,15H2,1H3;(H,6,7). The average molecular weight is 524 g/mol. The molecule has 1 unspecified atom stereocenters. The van der Waals surface area contributed by atoms with Crippen molar-refractivity contribution in [3.8, 4) is 0 Å². The number of hydrogen-bond donors (Lipinski definition) is 1. The fraction of sp³-hybridized carbons (Fsp3) is 0.542. The molecule has 1 N–H and O–H groups in total. The van der Waals surface area contributed by atoms with E-state index in [4.69, 9.17) is 14.6 Å². The Labute approximate surface area is 211 Å². The van der Waals surface area contributed by atoms with Crippen molar-refractivity contribution in [1.82, 2.24) is 24.3 Å². The number of aliphatic carboxylic acids is 1. The highest BCUT2D eigenvalue weighted by Gasteiger charge is 2.48. The Morgan fingerprint density at radius 3 is 2.32 bits per heavy atom. The number of rotatable bonds is 2. The van der Waals surface area contributed by atoms with Crippen molar-refractivity contribution in [1.29, 1.82) is 0 Å². The average Bonchev–Trinajstić information content (AvgIpc) is 3.56. The molecule has 3 aliphatic rings. The maximum absolute atomic E-state index is 13.0. The van der Waals surface area contributed by atoms with Crippen molar-refractivity contribution in [2.75, 3.05) is 26.2 Å². The van der Waals surface area contributed by atoms with Gasteiger partial charge in [0.05, 0.1) is 6.54 Å². The van der Waals surface area contributed by atoms with Gasteiger partial charge in [-0.2, -0.15) is 13.2 Å². The number of aromatic nitrogens is 3. The summed E-state index contributed by atoms with van der Waals surface area (Å²) in [5, 5.41) is 7.12. The molecule has 10 nitrogen and oxygen atoms in total. The molecule has 1 spiro atoms. The number of carboxylic acids is 1. The van der Waals surface area contributed by atoms with E-state index < -0.39 is 23.9 Å². The molecule has 2 fully saturated rings. The first-order chi connectivity index (χ1) is 17.5. The van der Waals surface area contributed by atoms with Gasteiger partial charge in [-0.15, -0.1) is 0 Å². The molecule has 2 saturated heterocycles. The predicted molar refractivity (Wildman–Crippen MR) is 122 cm³/mol. The lowest BCUT2D eigenvalue weighted by molar-refractivity contribution is -0.192. The van der Waals surface area contributed by atoms with Gasteiger partial charge in [-0.25, -0.2) is 14.8 Å². The summed E-state index contributed by atoms with van der Waals surface area (Å²) in [6.45, 7) is 5.11. The van der Waals surface area contributed by atoms with E-state index in [-0.39, 0.29) is 11.8 Å². The number of aryl methyl sites for hydroxylation is 1. The van der Waals surface area contributed by atoms with Gasteiger partial charge in [0.1, 0.15) is 17.1 Å². The number of pyridine rings is 1. The minimum atomic E-state index is -5.08. The zero-order chi connectivity index (χ0) is 26.8. The second-order valence-corrected chi connectivity index (χ2v) is 9.30. The Bertz CT molecular complexity index is 1150. The number of piperidine rings is 1. The summed E-state index contributed by atoms with van der Waals surface area (Å²) in [5.74, 6) is -1.87. The highest BCUT2D eigenvalue weighted by molar-refractivity contribution is 5.92. The predicted octanol–water partition coefficient (Wildman–Crippen LogP) is 2.37.